The molecule has 0 saturated carbocycles. The number of halogens is 2. The number of rotatable bonds is 6. The highest BCUT2D eigenvalue weighted by Crippen LogP contribution is 2.13. The normalized spacial score (nSPS) is 11.2. The average molecular weight is 371 g/mol. The van der Waals surface area contributed by atoms with Crippen LogP contribution in [-0.4, -0.2) is 41.3 Å². The molecule has 2 amide bonds. The second-order valence-corrected chi connectivity index (χ2v) is 6.40. The van der Waals surface area contributed by atoms with Gasteiger partial charge in [-0.25, -0.2) is 4.98 Å². The summed E-state index contributed by atoms with van der Waals surface area (Å²) in [4.78, 5) is 30.3. The number of nitrogens with one attached hydrogen (secondary N) is 1. The third kappa shape index (κ3) is 7.40. The topological polar surface area (TPSA) is 88.3 Å². The molecule has 0 fully saturated rings. The first-order chi connectivity index (χ1) is 9.31. The van der Waals surface area contributed by atoms with Crippen molar-refractivity contribution in [3.8, 4) is 0 Å². The Labute approximate surface area is 147 Å². The molecule has 1 aromatic heterocycles. The van der Waals surface area contributed by atoms with Gasteiger partial charge in [0.05, 0.1) is 24.1 Å². The Morgan fingerprint density at radius 2 is 2.00 bits per heavy atom. The number of nitrogens with zero attached hydrogens (tertiary/aromatic N) is 2. The molecule has 0 saturated heterocycles. The van der Waals surface area contributed by atoms with Gasteiger partial charge in [-0.15, -0.1) is 36.2 Å². The number of carbonyl (C=O) groups is 2. The van der Waals surface area contributed by atoms with E-state index in [1.54, 1.807) is 29.5 Å². The van der Waals surface area contributed by atoms with Gasteiger partial charge in [-0.3, -0.25) is 9.59 Å². The van der Waals surface area contributed by atoms with Crippen molar-refractivity contribution in [1.82, 2.24) is 15.2 Å². The van der Waals surface area contributed by atoms with Gasteiger partial charge < -0.3 is 16.0 Å². The number of amides is 2. The van der Waals surface area contributed by atoms with E-state index < -0.39 is 6.04 Å². The van der Waals surface area contributed by atoms with Crippen molar-refractivity contribution in [1.29, 1.82) is 0 Å². The largest absolute Gasteiger partial charge is 0.346 e. The summed E-state index contributed by atoms with van der Waals surface area (Å²) in [6, 6.07) is -0.586. The van der Waals surface area contributed by atoms with Gasteiger partial charge in [-0.05, 0) is 12.8 Å². The Hall–Kier alpha value is -0.890. The van der Waals surface area contributed by atoms with E-state index in [0.717, 1.165) is 9.88 Å². The molecule has 1 heterocycles. The fourth-order valence-corrected chi connectivity index (χ4v) is 2.37. The number of thiazole rings is 1. The van der Waals surface area contributed by atoms with Crippen LogP contribution < -0.4 is 11.1 Å². The number of aromatic nitrogens is 1. The molecule has 9 heteroatoms. The number of likely N-dealkylation sites (N-methyl/N-ethyl adjacent to an activating group) is 1. The lowest BCUT2D eigenvalue weighted by Crippen LogP contribution is -2.47. The number of aryl methyl sites for hydroxylation is 1. The Morgan fingerprint density at radius 3 is 2.45 bits per heavy atom. The number of nitrogens with two attached hydrogens (primary N) is 1. The van der Waals surface area contributed by atoms with Gasteiger partial charge in [0.25, 0.3) is 0 Å². The monoisotopic (exact) mass is 370 g/mol. The molecule has 6 nitrogen and oxygen atoms in total. The molecule has 1 rings (SSSR count). The van der Waals surface area contributed by atoms with Gasteiger partial charge in [0, 0.05) is 18.1 Å². The second-order valence-electron chi connectivity index (χ2n) is 5.08. The van der Waals surface area contributed by atoms with Crippen molar-refractivity contribution in [3.05, 3.63) is 16.1 Å². The van der Waals surface area contributed by atoms with Crippen LogP contribution in [0.5, 0.6) is 0 Å². The van der Waals surface area contributed by atoms with Gasteiger partial charge in [-0.2, -0.15) is 0 Å². The van der Waals surface area contributed by atoms with Crippen LogP contribution in [0.3, 0.4) is 0 Å². The summed E-state index contributed by atoms with van der Waals surface area (Å²) in [5.74, 6) is -0.404. The van der Waals surface area contributed by atoms with E-state index in [9.17, 15) is 9.59 Å². The van der Waals surface area contributed by atoms with Gasteiger partial charge in [-0.1, -0.05) is 13.8 Å². The molecule has 0 radical (unpaired) electrons. The molecule has 0 aliphatic carbocycles. The summed E-state index contributed by atoms with van der Waals surface area (Å²) in [7, 11) is 1.70. The van der Waals surface area contributed by atoms with Crippen LogP contribution in [-0.2, 0) is 16.1 Å². The highest BCUT2D eigenvalue weighted by molar-refractivity contribution is 7.11. The summed E-state index contributed by atoms with van der Waals surface area (Å²) >= 11 is 1.55. The van der Waals surface area contributed by atoms with E-state index in [1.165, 1.54) is 0 Å². The molecule has 1 atom stereocenters. The standard InChI is InChI=1S/C13H22N4O2S.2ClH/c1-8(2)12(14)13(19)16-6-11(18)17(4)7-10-5-15-9(3)20-10;;/h5,8,12H,6-7,14H2,1-4H3,(H,16,19);2*1H/t12-;;/m0../s1. The summed E-state index contributed by atoms with van der Waals surface area (Å²) < 4.78 is 0. The molecule has 0 aromatic carbocycles. The van der Waals surface area contributed by atoms with Gasteiger partial charge >= 0.3 is 0 Å². The van der Waals surface area contributed by atoms with E-state index in [4.69, 9.17) is 5.73 Å². The number of hydrogen-bond donors (Lipinski definition) is 2. The lowest BCUT2D eigenvalue weighted by molar-refractivity contribution is -0.132. The SMILES string of the molecule is Cc1ncc(CN(C)C(=O)CNC(=O)[C@@H](N)C(C)C)s1.Cl.Cl. The van der Waals surface area contributed by atoms with Crippen LogP contribution in [0.15, 0.2) is 6.20 Å². The zero-order valence-electron chi connectivity index (χ0n) is 13.2. The first-order valence-electron chi connectivity index (χ1n) is 6.49. The molecule has 1 aromatic rings. The minimum Gasteiger partial charge on any atom is -0.346 e. The molecule has 22 heavy (non-hydrogen) atoms. The molecule has 0 aliphatic heterocycles. The summed E-state index contributed by atoms with van der Waals surface area (Å²) in [5.41, 5.74) is 5.71. The van der Waals surface area contributed by atoms with Crippen molar-refractivity contribution in [2.45, 2.75) is 33.4 Å². The van der Waals surface area contributed by atoms with Crippen LogP contribution in [0.1, 0.15) is 23.7 Å². The molecule has 0 bridgehead atoms. The number of hydrogen-bond acceptors (Lipinski definition) is 5. The van der Waals surface area contributed by atoms with E-state index in [0.29, 0.717) is 6.54 Å². The first kappa shape index (κ1) is 23.4. The van der Waals surface area contributed by atoms with Crippen molar-refractivity contribution < 1.29 is 9.59 Å². The van der Waals surface area contributed by atoms with Crippen molar-refractivity contribution >= 4 is 48.0 Å². The van der Waals surface area contributed by atoms with E-state index in [1.807, 2.05) is 20.8 Å². The molecular weight excluding hydrogens is 347 g/mol. The van der Waals surface area contributed by atoms with E-state index in [-0.39, 0.29) is 49.1 Å². The van der Waals surface area contributed by atoms with Crippen LogP contribution in [0, 0.1) is 12.8 Å². The maximum atomic E-state index is 11.9. The number of carbonyl (C=O) groups excluding carboxylic acids is 2. The minimum absolute atomic E-state index is 0. The van der Waals surface area contributed by atoms with Crippen molar-refractivity contribution in [2.75, 3.05) is 13.6 Å². The third-order valence-electron chi connectivity index (χ3n) is 2.92. The van der Waals surface area contributed by atoms with Crippen LogP contribution in [0.4, 0.5) is 0 Å². The third-order valence-corrected chi connectivity index (χ3v) is 3.82. The highest BCUT2D eigenvalue weighted by atomic mass is 35.5. The Balaban J connectivity index is 0. The molecular formula is C13H24Cl2N4O2S. The molecule has 3 N–H and O–H groups in total. The van der Waals surface area contributed by atoms with Crippen LogP contribution >= 0.6 is 36.2 Å². The predicted octanol–water partition coefficient (Wildman–Crippen LogP) is 1.35. The summed E-state index contributed by atoms with van der Waals surface area (Å²) in [6.45, 7) is 6.11. The fraction of sp³-hybridized carbons (Fsp3) is 0.615. The lowest BCUT2D eigenvalue weighted by Gasteiger charge is -2.18. The van der Waals surface area contributed by atoms with Crippen molar-refractivity contribution in [3.63, 3.8) is 0 Å². The maximum absolute atomic E-state index is 11.9. The van der Waals surface area contributed by atoms with Crippen molar-refractivity contribution in [2.24, 2.45) is 11.7 Å². The average Bonchev–Trinajstić information content (AvgIpc) is 2.79. The Morgan fingerprint density at radius 1 is 1.41 bits per heavy atom. The van der Waals surface area contributed by atoms with Gasteiger partial charge in [0.2, 0.25) is 11.8 Å². The maximum Gasteiger partial charge on any atom is 0.242 e. The summed E-state index contributed by atoms with van der Waals surface area (Å²) in [6.07, 6.45) is 1.76. The lowest BCUT2D eigenvalue weighted by atomic mass is 10.1. The second kappa shape index (κ2) is 10.8. The zero-order valence-corrected chi connectivity index (χ0v) is 15.6. The quantitative estimate of drug-likeness (QED) is 0.790. The highest BCUT2D eigenvalue weighted by Gasteiger charge is 2.18. The van der Waals surface area contributed by atoms with Crippen LogP contribution in [0.25, 0.3) is 0 Å². The molecule has 0 spiro atoms. The first-order valence-corrected chi connectivity index (χ1v) is 7.31. The van der Waals surface area contributed by atoms with Crippen LogP contribution in [0.2, 0.25) is 0 Å². The smallest absolute Gasteiger partial charge is 0.242 e. The molecule has 0 unspecified atom stereocenters. The predicted molar refractivity (Wildman–Crippen MR) is 93.6 cm³/mol. The Kier molecular flexibility index (Phi) is 11.4. The zero-order chi connectivity index (χ0) is 15.3. The Bertz CT molecular complexity index is 482. The fourth-order valence-electron chi connectivity index (χ4n) is 1.52. The summed E-state index contributed by atoms with van der Waals surface area (Å²) in [5, 5.41) is 3.54. The molecule has 128 valence electrons. The minimum atomic E-state index is -0.586. The van der Waals surface area contributed by atoms with E-state index in [2.05, 4.69) is 10.3 Å². The van der Waals surface area contributed by atoms with Gasteiger partial charge in [0.1, 0.15) is 0 Å². The van der Waals surface area contributed by atoms with E-state index >= 15 is 0 Å². The van der Waals surface area contributed by atoms with Gasteiger partial charge in [0.15, 0.2) is 0 Å². The molecule has 0 aliphatic rings.